The maximum atomic E-state index is 14.5. The van der Waals surface area contributed by atoms with Gasteiger partial charge >= 0.3 is 6.43 Å². The Morgan fingerprint density at radius 3 is 2.30 bits per heavy atom. The van der Waals surface area contributed by atoms with Gasteiger partial charge in [0.2, 0.25) is 5.89 Å². The summed E-state index contributed by atoms with van der Waals surface area (Å²) in [6.07, 6.45) is -2.91. The number of sulfone groups is 1. The lowest BCUT2D eigenvalue weighted by Crippen LogP contribution is -2.56. The molecule has 44 heavy (non-hydrogen) atoms. The van der Waals surface area contributed by atoms with Crippen LogP contribution in [0.2, 0.25) is 0 Å². The SMILES string of the molecule is C=O.O=S(=O)(CCNCc1ccc(-c2nnc(C(F)F)o2)cc1F)CCNc1ccc(CN2CCN(C3COC3)CC2)cc1. The first kappa shape index (κ1) is 33.5. The number of alkyl halides is 2. The predicted octanol–water partition coefficient (Wildman–Crippen LogP) is 2.76. The van der Waals surface area contributed by atoms with Crippen molar-refractivity contribution in [2.24, 2.45) is 0 Å². The highest BCUT2D eigenvalue weighted by Gasteiger charge is 2.28. The molecule has 0 amide bonds. The number of aromatic nitrogens is 2. The highest BCUT2D eigenvalue weighted by molar-refractivity contribution is 7.91. The van der Waals surface area contributed by atoms with Crippen molar-refractivity contribution in [2.45, 2.75) is 25.6 Å². The average Bonchev–Trinajstić information content (AvgIpc) is 3.49. The Kier molecular flexibility index (Phi) is 12.3. The number of anilines is 1. The maximum Gasteiger partial charge on any atom is 0.314 e. The molecule has 5 rings (SSSR count). The molecule has 0 unspecified atom stereocenters. The molecular formula is C29H37F3N6O5S. The van der Waals surface area contributed by atoms with Crippen LogP contribution in [0.4, 0.5) is 18.9 Å². The Bertz CT molecular complexity index is 1430. The third kappa shape index (κ3) is 9.56. The molecule has 2 aliphatic rings. The van der Waals surface area contributed by atoms with E-state index in [1.54, 1.807) is 0 Å². The summed E-state index contributed by atoms with van der Waals surface area (Å²) in [6.45, 7) is 9.36. The van der Waals surface area contributed by atoms with E-state index in [0.717, 1.165) is 57.7 Å². The monoisotopic (exact) mass is 638 g/mol. The quantitative estimate of drug-likeness (QED) is 0.253. The van der Waals surface area contributed by atoms with E-state index in [4.69, 9.17) is 13.9 Å². The molecule has 0 bridgehead atoms. The number of ether oxygens (including phenoxy) is 1. The lowest BCUT2D eigenvalue weighted by atomic mass is 10.1. The number of halogens is 3. The molecule has 3 aromatic rings. The molecule has 2 aliphatic heterocycles. The largest absolute Gasteiger partial charge is 0.415 e. The second kappa shape index (κ2) is 16.1. The Balaban J connectivity index is 0.00000216. The van der Waals surface area contributed by atoms with Crippen LogP contribution in [0, 0.1) is 5.82 Å². The van der Waals surface area contributed by atoms with Crippen molar-refractivity contribution in [1.82, 2.24) is 25.3 Å². The lowest BCUT2D eigenvalue weighted by molar-refractivity contribution is -0.0980. The predicted molar refractivity (Wildman–Crippen MR) is 159 cm³/mol. The van der Waals surface area contributed by atoms with E-state index in [1.165, 1.54) is 17.7 Å². The van der Waals surface area contributed by atoms with Gasteiger partial charge in [0, 0.05) is 69.2 Å². The fraction of sp³-hybridized carbons (Fsp3) is 0.483. The van der Waals surface area contributed by atoms with E-state index >= 15 is 0 Å². The third-order valence-corrected chi connectivity index (χ3v) is 9.13. The molecule has 2 N–H and O–H groups in total. The van der Waals surface area contributed by atoms with Crippen LogP contribution in [0.15, 0.2) is 46.9 Å². The molecule has 3 heterocycles. The van der Waals surface area contributed by atoms with Gasteiger partial charge in [-0.15, -0.1) is 10.2 Å². The van der Waals surface area contributed by atoms with Crippen LogP contribution in [-0.4, -0.2) is 105 Å². The number of carbonyl (C=O) groups excluding carboxylic acids is 1. The number of nitrogens with one attached hydrogen (secondary N) is 2. The first-order valence-electron chi connectivity index (χ1n) is 14.2. The zero-order chi connectivity index (χ0) is 31.5. The standard InChI is InChI=1S/C28H35F3N6O4S.CH2O/c29-25-15-21(27-34-35-28(41-27)26(30)31)3-4-22(25)16-32-7-13-42(38,39)14-8-33-23-5-1-20(2-6-23)17-36-9-11-37(12-10-36)24-18-40-19-24;1-2/h1-6,15,24,26,32-33H,7-14,16-19H2;1H2. The van der Waals surface area contributed by atoms with Gasteiger partial charge < -0.3 is 24.6 Å². The van der Waals surface area contributed by atoms with Gasteiger partial charge in [-0.3, -0.25) is 9.80 Å². The first-order valence-corrected chi connectivity index (χ1v) is 16.1. The Hall–Kier alpha value is -3.37. The smallest absolute Gasteiger partial charge is 0.314 e. The molecule has 0 aliphatic carbocycles. The first-order chi connectivity index (χ1) is 21.3. The zero-order valence-electron chi connectivity index (χ0n) is 24.3. The van der Waals surface area contributed by atoms with Crippen LogP contribution in [0.5, 0.6) is 0 Å². The van der Waals surface area contributed by atoms with E-state index in [9.17, 15) is 21.6 Å². The summed E-state index contributed by atoms with van der Waals surface area (Å²) in [5, 5.41) is 12.8. The van der Waals surface area contributed by atoms with Crippen molar-refractivity contribution in [2.75, 3.05) is 69.3 Å². The second-order valence-corrected chi connectivity index (χ2v) is 12.8. The fourth-order valence-electron chi connectivity index (χ4n) is 4.87. The van der Waals surface area contributed by atoms with Gasteiger partial charge in [-0.1, -0.05) is 18.2 Å². The molecule has 0 radical (unpaired) electrons. The van der Waals surface area contributed by atoms with Crippen molar-refractivity contribution < 1.29 is 35.5 Å². The minimum atomic E-state index is -3.33. The van der Waals surface area contributed by atoms with Crippen molar-refractivity contribution in [3.63, 3.8) is 0 Å². The van der Waals surface area contributed by atoms with Gasteiger partial charge in [0.05, 0.1) is 30.8 Å². The summed E-state index contributed by atoms with van der Waals surface area (Å²) in [5.41, 5.74) is 2.56. The molecule has 240 valence electrons. The minimum absolute atomic E-state index is 0.0272. The van der Waals surface area contributed by atoms with Crippen molar-refractivity contribution in [3.8, 4) is 11.5 Å². The summed E-state index contributed by atoms with van der Waals surface area (Å²) in [4.78, 5) is 13.0. The second-order valence-electron chi connectivity index (χ2n) is 10.5. The van der Waals surface area contributed by atoms with E-state index in [2.05, 4.69) is 42.8 Å². The molecule has 1 aromatic heterocycles. The van der Waals surface area contributed by atoms with Gasteiger partial charge in [0.1, 0.15) is 12.6 Å². The van der Waals surface area contributed by atoms with E-state index in [0.29, 0.717) is 11.6 Å². The van der Waals surface area contributed by atoms with E-state index < -0.39 is 28.0 Å². The number of rotatable bonds is 14. The Morgan fingerprint density at radius 1 is 0.977 bits per heavy atom. The van der Waals surface area contributed by atoms with Crippen LogP contribution < -0.4 is 10.6 Å². The topological polar surface area (TPSA) is 130 Å². The van der Waals surface area contributed by atoms with Gasteiger partial charge in [-0.25, -0.2) is 12.8 Å². The molecule has 11 nitrogen and oxygen atoms in total. The number of piperazine rings is 1. The highest BCUT2D eigenvalue weighted by atomic mass is 32.2. The van der Waals surface area contributed by atoms with Crippen molar-refractivity contribution in [3.05, 3.63) is 65.3 Å². The van der Waals surface area contributed by atoms with E-state index in [1.807, 2.05) is 18.9 Å². The molecule has 0 spiro atoms. The van der Waals surface area contributed by atoms with Crippen LogP contribution in [0.3, 0.4) is 0 Å². The van der Waals surface area contributed by atoms with Crippen molar-refractivity contribution >= 4 is 22.3 Å². The number of benzene rings is 2. The van der Waals surface area contributed by atoms with Crippen LogP contribution in [0.25, 0.3) is 11.5 Å². The fourth-order valence-corrected chi connectivity index (χ4v) is 5.95. The number of nitrogens with zero attached hydrogens (tertiary/aromatic N) is 4. The third-order valence-electron chi connectivity index (χ3n) is 7.48. The molecule has 2 fully saturated rings. The number of hydrogen-bond acceptors (Lipinski definition) is 11. The minimum Gasteiger partial charge on any atom is -0.415 e. The summed E-state index contributed by atoms with van der Waals surface area (Å²) in [6, 6.07) is 12.7. The molecular weight excluding hydrogens is 601 g/mol. The summed E-state index contributed by atoms with van der Waals surface area (Å²) >= 11 is 0. The molecule has 0 atom stereocenters. The zero-order valence-corrected chi connectivity index (χ0v) is 25.1. The Labute approximate surface area is 254 Å². The van der Waals surface area contributed by atoms with Gasteiger partial charge in [0.15, 0.2) is 9.84 Å². The molecule has 2 saturated heterocycles. The van der Waals surface area contributed by atoms with Crippen LogP contribution >= 0.6 is 0 Å². The molecule has 15 heteroatoms. The van der Waals surface area contributed by atoms with E-state index in [-0.39, 0.29) is 42.6 Å². The number of carbonyl (C=O) groups is 1. The van der Waals surface area contributed by atoms with Crippen LogP contribution in [0.1, 0.15) is 23.4 Å². The Morgan fingerprint density at radius 2 is 1.68 bits per heavy atom. The summed E-state index contributed by atoms with van der Waals surface area (Å²) < 4.78 is 74.8. The lowest BCUT2D eigenvalue weighted by Gasteiger charge is -2.42. The number of hydrogen-bond donors (Lipinski definition) is 2. The van der Waals surface area contributed by atoms with Gasteiger partial charge in [0.25, 0.3) is 5.89 Å². The molecule has 2 aromatic carbocycles. The molecule has 0 saturated carbocycles. The highest BCUT2D eigenvalue weighted by Crippen LogP contribution is 2.24. The summed E-state index contributed by atoms with van der Waals surface area (Å²) in [7, 11) is -3.33. The average molecular weight is 639 g/mol. The van der Waals surface area contributed by atoms with Gasteiger partial charge in [-0.2, -0.15) is 8.78 Å². The normalized spacial score (nSPS) is 16.4. The van der Waals surface area contributed by atoms with Gasteiger partial charge in [-0.05, 0) is 29.8 Å². The summed E-state index contributed by atoms with van der Waals surface area (Å²) in [5.74, 6) is -1.75. The van der Waals surface area contributed by atoms with Crippen LogP contribution in [-0.2, 0) is 32.5 Å². The maximum absolute atomic E-state index is 14.5. The van der Waals surface area contributed by atoms with Crippen molar-refractivity contribution in [1.29, 1.82) is 0 Å².